The number of hydrogen-bond donors (Lipinski definition) is 3. The molecule has 1 heterocycles. The molecule has 1 aliphatic rings. The number of guanidine groups is 1. The maximum absolute atomic E-state index is 12.1. The lowest BCUT2D eigenvalue weighted by molar-refractivity contribution is -0.134. The largest absolute Gasteiger partial charge is 0.424 e. The molecular formula is C17H25ClN4O3. The number of esters is 1. The molecule has 0 bridgehead atoms. The average Bonchev–Trinajstić information content (AvgIpc) is 2.54. The van der Waals surface area contributed by atoms with Crippen LogP contribution in [0.4, 0.5) is 5.69 Å². The second-order valence-electron chi connectivity index (χ2n) is 6.01. The molecule has 25 heavy (non-hydrogen) atoms. The molecule has 0 unspecified atom stereocenters. The number of ether oxygens (including phenoxy) is 1. The minimum Gasteiger partial charge on any atom is -0.424 e. The lowest BCUT2D eigenvalue weighted by Crippen LogP contribution is -2.42. The van der Waals surface area contributed by atoms with Crippen molar-refractivity contribution < 1.29 is 14.3 Å². The summed E-state index contributed by atoms with van der Waals surface area (Å²) in [5.74, 6) is 0.405. The number of nitrogens with one attached hydrogen (secondary N) is 2. The van der Waals surface area contributed by atoms with Gasteiger partial charge in [0.15, 0.2) is 11.7 Å². The van der Waals surface area contributed by atoms with E-state index in [9.17, 15) is 9.59 Å². The standard InChI is InChI=1S/C17H24N4O3.ClH/c1-12(22)20-14-4-2-3-5-15(14)24-16(23)7-6-13-8-10-21(11-9-13)17(18)19;/h2-5,13H,6-11H2,1H3,(H3,18,19)(H,20,22);1H. The third-order valence-corrected chi connectivity index (χ3v) is 4.13. The normalized spacial score (nSPS) is 14.4. The molecule has 0 aliphatic carbocycles. The van der Waals surface area contributed by atoms with Crippen molar-refractivity contribution in [3.05, 3.63) is 24.3 Å². The van der Waals surface area contributed by atoms with Gasteiger partial charge in [-0.15, -0.1) is 12.4 Å². The van der Waals surface area contributed by atoms with Crippen LogP contribution in [-0.2, 0) is 9.59 Å². The summed E-state index contributed by atoms with van der Waals surface area (Å²) in [6.45, 7) is 2.94. The Hall–Kier alpha value is -2.28. The Bertz CT molecular complexity index is 616. The van der Waals surface area contributed by atoms with Gasteiger partial charge < -0.3 is 20.7 Å². The second-order valence-corrected chi connectivity index (χ2v) is 6.01. The van der Waals surface area contributed by atoms with E-state index in [2.05, 4.69) is 5.32 Å². The SMILES string of the molecule is CC(=O)Nc1ccccc1OC(=O)CCC1CCN(C(=N)N)CC1.Cl. The van der Waals surface area contributed by atoms with Crippen LogP contribution >= 0.6 is 12.4 Å². The molecule has 2 rings (SSSR count). The number of hydrogen-bond acceptors (Lipinski definition) is 4. The van der Waals surface area contributed by atoms with Crippen molar-refractivity contribution in [3.63, 3.8) is 0 Å². The fourth-order valence-electron chi connectivity index (χ4n) is 2.81. The Kier molecular flexibility index (Phi) is 8.21. The van der Waals surface area contributed by atoms with E-state index >= 15 is 0 Å². The van der Waals surface area contributed by atoms with Crippen LogP contribution in [0.1, 0.15) is 32.6 Å². The van der Waals surface area contributed by atoms with Gasteiger partial charge in [-0.25, -0.2) is 0 Å². The zero-order valence-electron chi connectivity index (χ0n) is 14.3. The molecule has 1 aromatic rings. The molecule has 0 atom stereocenters. The number of anilines is 1. The van der Waals surface area contributed by atoms with E-state index in [0.717, 1.165) is 32.4 Å². The Morgan fingerprint density at radius 2 is 1.96 bits per heavy atom. The first-order chi connectivity index (χ1) is 11.5. The van der Waals surface area contributed by atoms with Crippen molar-refractivity contribution in [1.82, 2.24) is 4.90 Å². The molecule has 1 amide bonds. The molecule has 1 aliphatic heterocycles. The van der Waals surface area contributed by atoms with Crippen LogP contribution in [0.5, 0.6) is 5.75 Å². The Morgan fingerprint density at radius 1 is 1.32 bits per heavy atom. The molecule has 0 saturated carbocycles. The number of halogens is 1. The van der Waals surface area contributed by atoms with Gasteiger partial charge in [0.2, 0.25) is 5.91 Å². The number of nitrogens with two attached hydrogens (primary N) is 1. The first kappa shape index (κ1) is 20.8. The number of rotatable bonds is 5. The van der Waals surface area contributed by atoms with Gasteiger partial charge in [0, 0.05) is 26.4 Å². The minimum atomic E-state index is -0.304. The summed E-state index contributed by atoms with van der Waals surface area (Å²) in [5, 5.41) is 10.1. The fraction of sp³-hybridized carbons (Fsp3) is 0.471. The van der Waals surface area contributed by atoms with Crippen LogP contribution in [0, 0.1) is 11.3 Å². The van der Waals surface area contributed by atoms with Crippen molar-refractivity contribution >= 4 is 35.9 Å². The van der Waals surface area contributed by atoms with E-state index in [1.165, 1.54) is 6.92 Å². The highest BCUT2D eigenvalue weighted by Crippen LogP contribution is 2.26. The number of para-hydroxylation sites is 2. The summed E-state index contributed by atoms with van der Waals surface area (Å²) in [4.78, 5) is 25.1. The number of nitrogens with zero attached hydrogens (tertiary/aromatic N) is 1. The van der Waals surface area contributed by atoms with Gasteiger partial charge in [-0.2, -0.15) is 0 Å². The van der Waals surface area contributed by atoms with E-state index in [1.807, 2.05) is 4.90 Å². The molecule has 0 spiro atoms. The van der Waals surface area contributed by atoms with Crippen LogP contribution in [0.2, 0.25) is 0 Å². The summed E-state index contributed by atoms with van der Waals surface area (Å²) in [5.41, 5.74) is 5.97. The van der Waals surface area contributed by atoms with E-state index in [1.54, 1.807) is 24.3 Å². The molecule has 0 radical (unpaired) electrons. The minimum absolute atomic E-state index is 0. The molecule has 7 nitrogen and oxygen atoms in total. The topological polar surface area (TPSA) is 109 Å². The number of carbonyl (C=O) groups is 2. The van der Waals surface area contributed by atoms with E-state index in [0.29, 0.717) is 23.8 Å². The summed E-state index contributed by atoms with van der Waals surface area (Å²) in [6, 6.07) is 6.88. The fourth-order valence-corrected chi connectivity index (χ4v) is 2.81. The Labute approximate surface area is 153 Å². The summed E-state index contributed by atoms with van der Waals surface area (Å²) >= 11 is 0. The number of carbonyl (C=O) groups excluding carboxylic acids is 2. The first-order valence-electron chi connectivity index (χ1n) is 8.12. The third kappa shape index (κ3) is 6.62. The monoisotopic (exact) mass is 368 g/mol. The molecule has 4 N–H and O–H groups in total. The van der Waals surface area contributed by atoms with Crippen molar-refractivity contribution in [3.8, 4) is 5.75 Å². The smallest absolute Gasteiger partial charge is 0.311 e. The predicted molar refractivity (Wildman–Crippen MR) is 99.1 cm³/mol. The molecule has 138 valence electrons. The number of benzene rings is 1. The molecule has 8 heteroatoms. The van der Waals surface area contributed by atoms with Gasteiger partial charge in [-0.1, -0.05) is 12.1 Å². The van der Waals surface area contributed by atoms with E-state index in [4.69, 9.17) is 15.9 Å². The Morgan fingerprint density at radius 3 is 2.56 bits per heavy atom. The van der Waals surface area contributed by atoms with Crippen LogP contribution in [-0.4, -0.2) is 35.8 Å². The van der Waals surface area contributed by atoms with Gasteiger partial charge in [-0.3, -0.25) is 15.0 Å². The predicted octanol–water partition coefficient (Wildman–Crippen LogP) is 2.36. The first-order valence-corrected chi connectivity index (χ1v) is 8.12. The highest BCUT2D eigenvalue weighted by atomic mass is 35.5. The van der Waals surface area contributed by atoms with E-state index in [-0.39, 0.29) is 30.2 Å². The van der Waals surface area contributed by atoms with Crippen LogP contribution in [0.25, 0.3) is 0 Å². The zero-order valence-corrected chi connectivity index (χ0v) is 15.1. The molecule has 0 aromatic heterocycles. The van der Waals surface area contributed by atoms with Crippen molar-refractivity contribution in [1.29, 1.82) is 5.41 Å². The average molecular weight is 369 g/mol. The summed E-state index contributed by atoms with van der Waals surface area (Å²) < 4.78 is 5.38. The highest BCUT2D eigenvalue weighted by molar-refractivity contribution is 5.91. The second kappa shape index (κ2) is 9.88. The van der Waals surface area contributed by atoms with E-state index < -0.39 is 0 Å². The maximum Gasteiger partial charge on any atom is 0.311 e. The molecule has 1 aromatic carbocycles. The lowest BCUT2D eigenvalue weighted by Gasteiger charge is -2.31. The van der Waals surface area contributed by atoms with Crippen molar-refractivity contribution in [2.24, 2.45) is 11.7 Å². The summed E-state index contributed by atoms with van der Waals surface area (Å²) in [6.07, 6.45) is 2.94. The quantitative estimate of drug-likeness (QED) is 0.320. The Balaban J connectivity index is 0.00000312. The number of likely N-dealkylation sites (tertiary alicyclic amines) is 1. The van der Waals surface area contributed by atoms with Crippen LogP contribution < -0.4 is 15.8 Å². The van der Waals surface area contributed by atoms with Gasteiger partial charge in [0.1, 0.15) is 0 Å². The number of amides is 1. The van der Waals surface area contributed by atoms with Gasteiger partial charge in [0.25, 0.3) is 0 Å². The lowest BCUT2D eigenvalue weighted by atomic mass is 9.92. The van der Waals surface area contributed by atoms with Crippen LogP contribution in [0.15, 0.2) is 24.3 Å². The van der Waals surface area contributed by atoms with Crippen molar-refractivity contribution in [2.45, 2.75) is 32.6 Å². The number of piperidine rings is 1. The summed E-state index contributed by atoms with van der Waals surface area (Å²) in [7, 11) is 0. The molecule has 1 fully saturated rings. The van der Waals surface area contributed by atoms with Gasteiger partial charge in [0.05, 0.1) is 5.69 Å². The third-order valence-electron chi connectivity index (χ3n) is 4.13. The van der Waals surface area contributed by atoms with Gasteiger partial charge >= 0.3 is 5.97 Å². The van der Waals surface area contributed by atoms with Crippen LogP contribution in [0.3, 0.4) is 0 Å². The maximum atomic E-state index is 12.1. The molecular weight excluding hydrogens is 344 g/mol. The molecule has 1 saturated heterocycles. The van der Waals surface area contributed by atoms with Crippen molar-refractivity contribution in [2.75, 3.05) is 18.4 Å². The van der Waals surface area contributed by atoms with Gasteiger partial charge in [-0.05, 0) is 37.3 Å². The highest BCUT2D eigenvalue weighted by Gasteiger charge is 2.21. The zero-order chi connectivity index (χ0) is 17.5.